The summed E-state index contributed by atoms with van der Waals surface area (Å²) in [6.45, 7) is 0.887. The van der Waals surface area contributed by atoms with Gasteiger partial charge in [-0.15, -0.1) is 0 Å². The summed E-state index contributed by atoms with van der Waals surface area (Å²) in [5.74, 6) is -0.504. The molecule has 8 nitrogen and oxygen atoms in total. The number of anilines is 1. The Hall–Kier alpha value is -3.08. The van der Waals surface area contributed by atoms with Gasteiger partial charge in [-0.3, -0.25) is 19.7 Å². The third kappa shape index (κ3) is 4.73. The zero-order valence-electron chi connectivity index (χ0n) is 15.4. The summed E-state index contributed by atoms with van der Waals surface area (Å²) in [5.41, 5.74) is -1.25. The van der Waals surface area contributed by atoms with Crippen molar-refractivity contribution in [3.63, 3.8) is 0 Å². The molecule has 1 saturated heterocycles. The number of carbonyl (C=O) groups is 1. The van der Waals surface area contributed by atoms with Gasteiger partial charge in [0.2, 0.25) is 5.91 Å². The molecule has 0 N–H and O–H groups in total. The number of amides is 1. The molecule has 160 valence electrons. The second kappa shape index (κ2) is 8.34. The topological polar surface area (TPSA) is 88.7 Å². The van der Waals surface area contributed by atoms with Crippen molar-refractivity contribution in [2.45, 2.75) is 12.7 Å². The number of piperazine rings is 1. The fourth-order valence-electron chi connectivity index (χ4n) is 3.12. The van der Waals surface area contributed by atoms with Gasteiger partial charge in [0.05, 0.1) is 10.5 Å². The molecule has 0 atom stereocenters. The number of carbonyl (C=O) groups excluding carboxylic acids is 1. The molecule has 1 fully saturated rings. The van der Waals surface area contributed by atoms with Crippen LogP contribution >= 0.6 is 11.6 Å². The highest BCUT2D eigenvalue weighted by molar-refractivity contribution is 6.30. The molecule has 0 unspecified atom stereocenters. The van der Waals surface area contributed by atoms with E-state index in [2.05, 4.69) is 0 Å². The normalized spacial score (nSPS) is 14.7. The fraction of sp³-hybridized carbons (Fsp3) is 0.333. The van der Waals surface area contributed by atoms with Gasteiger partial charge in [-0.1, -0.05) is 11.6 Å². The third-order valence-electron chi connectivity index (χ3n) is 4.73. The van der Waals surface area contributed by atoms with Crippen LogP contribution in [0.15, 0.2) is 41.3 Å². The minimum absolute atomic E-state index is 0.0299. The lowest BCUT2D eigenvalue weighted by Gasteiger charge is -2.36. The molecule has 0 saturated carbocycles. The number of nitrogens with zero attached hydrogens (tertiary/aromatic N) is 4. The number of hydrogen-bond donors (Lipinski definition) is 0. The first-order valence-corrected chi connectivity index (χ1v) is 9.18. The van der Waals surface area contributed by atoms with Crippen molar-refractivity contribution >= 4 is 28.9 Å². The zero-order chi connectivity index (χ0) is 22.1. The smallest absolute Gasteiger partial charge is 0.368 e. The minimum atomic E-state index is -4.70. The number of benzene rings is 1. The number of alkyl halides is 3. The lowest BCUT2D eigenvalue weighted by Crippen LogP contribution is -2.50. The van der Waals surface area contributed by atoms with Crippen molar-refractivity contribution in [3.05, 3.63) is 67.6 Å². The van der Waals surface area contributed by atoms with Crippen LogP contribution in [0, 0.1) is 10.1 Å². The third-order valence-corrected chi connectivity index (χ3v) is 5.00. The molecule has 12 heteroatoms. The molecule has 2 aromatic rings. The van der Waals surface area contributed by atoms with Crippen LogP contribution in [0.3, 0.4) is 0 Å². The second-order valence-corrected chi connectivity index (χ2v) is 7.06. The molecule has 0 radical (unpaired) electrons. The van der Waals surface area contributed by atoms with Crippen molar-refractivity contribution in [2.24, 2.45) is 0 Å². The maximum atomic E-state index is 12.9. The highest BCUT2D eigenvalue weighted by atomic mass is 35.5. The van der Waals surface area contributed by atoms with Crippen LogP contribution in [-0.4, -0.2) is 46.5 Å². The molecule has 0 spiro atoms. The van der Waals surface area contributed by atoms with Gasteiger partial charge >= 0.3 is 6.18 Å². The van der Waals surface area contributed by atoms with E-state index in [9.17, 15) is 32.9 Å². The van der Waals surface area contributed by atoms with E-state index < -0.39 is 39.7 Å². The van der Waals surface area contributed by atoms with E-state index in [0.29, 0.717) is 29.9 Å². The minimum Gasteiger partial charge on any atom is -0.368 e. The predicted molar refractivity (Wildman–Crippen MR) is 103 cm³/mol. The van der Waals surface area contributed by atoms with E-state index in [-0.39, 0.29) is 18.8 Å². The molecule has 1 aromatic carbocycles. The van der Waals surface area contributed by atoms with Crippen LogP contribution in [0.4, 0.5) is 24.5 Å². The first kappa shape index (κ1) is 21.6. The summed E-state index contributed by atoms with van der Waals surface area (Å²) in [7, 11) is 0. The summed E-state index contributed by atoms with van der Waals surface area (Å²) in [6.07, 6.45) is -4.11. The number of hydrogen-bond acceptors (Lipinski definition) is 5. The molecule has 0 aliphatic carbocycles. The first-order chi connectivity index (χ1) is 14.1. The van der Waals surface area contributed by atoms with Crippen LogP contribution in [0.2, 0.25) is 5.02 Å². The Morgan fingerprint density at radius 3 is 2.27 bits per heavy atom. The molecule has 2 heterocycles. The van der Waals surface area contributed by atoms with Gasteiger partial charge in [0, 0.05) is 50.2 Å². The van der Waals surface area contributed by atoms with Gasteiger partial charge in [-0.25, -0.2) is 0 Å². The Labute approximate surface area is 173 Å². The number of pyridine rings is 1. The molecule has 3 rings (SSSR count). The Bertz CT molecular complexity index is 1020. The van der Waals surface area contributed by atoms with E-state index in [1.807, 2.05) is 4.90 Å². The molecular weight excluding hydrogens is 429 g/mol. The van der Waals surface area contributed by atoms with Gasteiger partial charge in [-0.2, -0.15) is 13.2 Å². The molecule has 30 heavy (non-hydrogen) atoms. The molecule has 0 bridgehead atoms. The Morgan fingerprint density at radius 2 is 1.73 bits per heavy atom. The van der Waals surface area contributed by atoms with E-state index in [1.165, 1.54) is 17.0 Å². The predicted octanol–water partition coefficient (Wildman–Crippen LogP) is 2.78. The zero-order valence-corrected chi connectivity index (χ0v) is 16.2. The lowest BCUT2D eigenvalue weighted by atomic mass is 10.2. The van der Waals surface area contributed by atoms with Gasteiger partial charge in [0.15, 0.2) is 0 Å². The van der Waals surface area contributed by atoms with Gasteiger partial charge in [0.1, 0.15) is 11.6 Å². The van der Waals surface area contributed by atoms with Crippen LogP contribution < -0.4 is 10.5 Å². The van der Waals surface area contributed by atoms with E-state index >= 15 is 0 Å². The van der Waals surface area contributed by atoms with Crippen molar-refractivity contribution in [2.75, 3.05) is 31.1 Å². The Kier molecular flexibility index (Phi) is 6.01. The monoisotopic (exact) mass is 444 g/mol. The van der Waals surface area contributed by atoms with E-state index in [1.54, 1.807) is 12.1 Å². The number of halogens is 4. The van der Waals surface area contributed by atoms with Crippen LogP contribution in [0.1, 0.15) is 5.56 Å². The van der Waals surface area contributed by atoms with Crippen molar-refractivity contribution in [1.29, 1.82) is 0 Å². The average Bonchev–Trinajstić information content (AvgIpc) is 2.70. The Morgan fingerprint density at radius 1 is 1.13 bits per heavy atom. The molecule has 1 aliphatic rings. The number of non-ortho nitro benzene ring substituents is 1. The number of rotatable bonds is 4. The average molecular weight is 445 g/mol. The Balaban J connectivity index is 1.65. The maximum absolute atomic E-state index is 12.9. The summed E-state index contributed by atoms with van der Waals surface area (Å²) in [4.78, 5) is 38.1. The fourth-order valence-corrected chi connectivity index (χ4v) is 3.34. The quantitative estimate of drug-likeness (QED) is 0.534. The molecule has 1 amide bonds. The maximum Gasteiger partial charge on any atom is 0.417 e. The summed E-state index contributed by atoms with van der Waals surface area (Å²) in [5, 5.41) is 10.1. The SMILES string of the molecule is O=C(Cn1cc(C(F)(F)F)cc(Cl)c1=O)N1CCN(c2ccc([N+](=O)[O-])cc2)CC1. The van der Waals surface area contributed by atoms with Crippen LogP contribution in [0.25, 0.3) is 0 Å². The van der Waals surface area contributed by atoms with Crippen LogP contribution in [0.5, 0.6) is 0 Å². The number of aromatic nitrogens is 1. The first-order valence-electron chi connectivity index (χ1n) is 8.80. The highest BCUT2D eigenvalue weighted by Crippen LogP contribution is 2.29. The molecular formula is C18H16ClF3N4O4. The lowest BCUT2D eigenvalue weighted by molar-refractivity contribution is -0.384. The van der Waals surface area contributed by atoms with Crippen LogP contribution in [-0.2, 0) is 17.5 Å². The number of nitro benzene ring substituents is 1. The highest BCUT2D eigenvalue weighted by Gasteiger charge is 2.32. The largest absolute Gasteiger partial charge is 0.417 e. The molecule has 1 aliphatic heterocycles. The van der Waals surface area contributed by atoms with Crippen molar-refractivity contribution < 1.29 is 22.9 Å². The van der Waals surface area contributed by atoms with E-state index in [4.69, 9.17) is 11.6 Å². The van der Waals surface area contributed by atoms with Crippen molar-refractivity contribution in [3.8, 4) is 0 Å². The molecule has 1 aromatic heterocycles. The van der Waals surface area contributed by atoms with Gasteiger partial charge < -0.3 is 14.4 Å². The van der Waals surface area contributed by atoms with E-state index in [0.717, 1.165) is 5.69 Å². The van der Waals surface area contributed by atoms with Gasteiger partial charge in [0.25, 0.3) is 11.2 Å². The number of nitro groups is 1. The summed E-state index contributed by atoms with van der Waals surface area (Å²) < 4.78 is 39.5. The standard InChI is InChI=1S/C18H16ClF3N4O4/c19-15-9-12(18(20,21)22)10-25(17(15)28)11-16(27)24-7-5-23(6-8-24)13-1-3-14(4-2-13)26(29)30/h1-4,9-10H,5-8,11H2. The summed E-state index contributed by atoms with van der Waals surface area (Å²) in [6, 6.07) is 6.53. The summed E-state index contributed by atoms with van der Waals surface area (Å²) >= 11 is 5.60. The van der Waals surface area contributed by atoms with Gasteiger partial charge in [-0.05, 0) is 18.2 Å². The second-order valence-electron chi connectivity index (χ2n) is 6.65. The van der Waals surface area contributed by atoms with Crippen molar-refractivity contribution in [1.82, 2.24) is 9.47 Å².